The number of carbonyl (C=O) groups is 9. The molecule has 20 heteroatoms. The van der Waals surface area contributed by atoms with Gasteiger partial charge in [0.2, 0.25) is 0 Å². The van der Waals surface area contributed by atoms with E-state index in [0.29, 0.717) is 0 Å². The van der Waals surface area contributed by atoms with Crippen molar-refractivity contribution in [3.8, 4) is 0 Å². The van der Waals surface area contributed by atoms with Crippen LogP contribution in [0.5, 0.6) is 0 Å². The molecule has 1 aliphatic heterocycles. The zero-order valence-electron chi connectivity index (χ0n) is 27.1. The summed E-state index contributed by atoms with van der Waals surface area (Å²) in [7, 11) is 1.38. The van der Waals surface area contributed by atoms with E-state index in [-0.39, 0.29) is 51.7 Å². The molecule has 1 unspecified atom stereocenters. The van der Waals surface area contributed by atoms with E-state index < -0.39 is 53.9 Å². The number of cyclic esters (lactones) is 2. The van der Waals surface area contributed by atoms with Crippen molar-refractivity contribution >= 4 is 53.5 Å². The zero-order valence-corrected chi connectivity index (χ0v) is 27.1. The molecule has 0 aromatic carbocycles. The summed E-state index contributed by atoms with van der Waals surface area (Å²) in [6, 6.07) is 0. The first-order chi connectivity index (χ1) is 22.2. The molecule has 1 atom stereocenters. The Kier molecular flexibility index (Phi) is 47.6. The Morgan fingerprint density at radius 1 is 0.812 bits per heavy atom. The number of carboxylic acid groups (broad SMARTS) is 5. The molecule has 48 heavy (non-hydrogen) atoms. The Hall–Kier alpha value is -5.47. The molecule has 0 aromatic heterocycles. The summed E-state index contributed by atoms with van der Waals surface area (Å²) in [6.07, 6.45) is 4.91. The highest BCUT2D eigenvalue weighted by Crippen LogP contribution is 1.91. The lowest BCUT2D eigenvalue weighted by molar-refractivity contribution is -0.174. The summed E-state index contributed by atoms with van der Waals surface area (Å²) in [5.41, 5.74) is 0. The van der Waals surface area contributed by atoms with Gasteiger partial charge in [0.15, 0.2) is 19.0 Å². The number of hydrogen-bond acceptors (Lipinski definition) is 15. The van der Waals surface area contributed by atoms with Gasteiger partial charge < -0.3 is 54.7 Å². The van der Waals surface area contributed by atoms with Gasteiger partial charge in [-0.15, -0.1) is 0 Å². The molecule has 0 saturated carbocycles. The summed E-state index contributed by atoms with van der Waals surface area (Å²) >= 11 is 0. The van der Waals surface area contributed by atoms with Gasteiger partial charge in [-0.1, -0.05) is 18.7 Å². The van der Waals surface area contributed by atoms with Gasteiger partial charge in [0.05, 0.1) is 25.6 Å². The third-order valence-corrected chi connectivity index (χ3v) is 2.99. The molecule has 1 fully saturated rings. The Morgan fingerprint density at radius 3 is 1.33 bits per heavy atom. The average molecular weight is 701 g/mol. The van der Waals surface area contributed by atoms with Crippen molar-refractivity contribution in [2.75, 3.05) is 40.1 Å². The molecule has 0 spiro atoms. The van der Waals surface area contributed by atoms with E-state index in [1.807, 2.05) is 0 Å². The van der Waals surface area contributed by atoms with Gasteiger partial charge in [0, 0.05) is 25.3 Å². The molecule has 1 rings (SSSR count). The van der Waals surface area contributed by atoms with Gasteiger partial charge in [-0.05, 0) is 27.7 Å². The number of aliphatic hydroxyl groups is 2. The Morgan fingerprint density at radius 2 is 1.21 bits per heavy atom. The SMILES string of the molecule is C/C=C/C(=O)O.C/C=C\C(=O)O.C=CC(=O)O.CC(O)CC(=O)O.COCC(=O)OCC(C)=O.O=C(O)CCO.O=C1COC(=O)CO1. The molecular weight excluding hydrogens is 656 g/mol. The maximum absolute atomic E-state index is 10.4. The van der Waals surface area contributed by atoms with Crippen LogP contribution in [0.3, 0.4) is 0 Å². The van der Waals surface area contributed by atoms with E-state index in [2.05, 4.69) is 25.5 Å². The number of ether oxygens (including phenoxy) is 4. The van der Waals surface area contributed by atoms with Crippen molar-refractivity contribution in [2.45, 2.75) is 46.6 Å². The summed E-state index contributed by atoms with van der Waals surface area (Å²) in [6.45, 7) is 8.06. The first-order valence-corrected chi connectivity index (χ1v) is 12.9. The molecule has 0 bridgehead atoms. The molecule has 0 amide bonds. The van der Waals surface area contributed by atoms with Crippen LogP contribution in [0.15, 0.2) is 37.0 Å². The largest absolute Gasteiger partial charge is 0.481 e. The molecule has 0 aliphatic carbocycles. The van der Waals surface area contributed by atoms with Crippen LogP contribution in [0.4, 0.5) is 0 Å². The predicted octanol–water partition coefficient (Wildman–Crippen LogP) is -0.302. The number of esters is 3. The lowest BCUT2D eigenvalue weighted by Gasteiger charge is -2.09. The fraction of sp³-hybridized carbons (Fsp3) is 0.464. The number of allylic oxidation sites excluding steroid dienone is 2. The lowest BCUT2D eigenvalue weighted by Crippen LogP contribution is -2.27. The normalized spacial score (nSPS) is 11.1. The molecule has 1 aliphatic rings. The first-order valence-electron chi connectivity index (χ1n) is 12.9. The molecule has 20 nitrogen and oxygen atoms in total. The molecule has 276 valence electrons. The van der Waals surface area contributed by atoms with Crippen LogP contribution >= 0.6 is 0 Å². The van der Waals surface area contributed by atoms with E-state index >= 15 is 0 Å². The molecule has 7 N–H and O–H groups in total. The van der Waals surface area contributed by atoms with Gasteiger partial charge in [0.25, 0.3) is 0 Å². The lowest BCUT2D eigenvalue weighted by atomic mass is 10.3. The van der Waals surface area contributed by atoms with Crippen molar-refractivity contribution in [3.63, 3.8) is 0 Å². The van der Waals surface area contributed by atoms with E-state index in [1.165, 1.54) is 33.1 Å². The van der Waals surface area contributed by atoms with Crippen molar-refractivity contribution in [3.05, 3.63) is 37.0 Å². The number of rotatable bonds is 11. The van der Waals surface area contributed by atoms with E-state index in [4.69, 9.17) is 35.7 Å². The van der Waals surface area contributed by atoms with Crippen LogP contribution in [0.1, 0.15) is 40.5 Å². The quantitative estimate of drug-likeness (QED) is 0.0826. The number of ketones is 1. The average Bonchev–Trinajstić information content (AvgIpc) is 2.95. The topological polar surface area (TPSA) is 332 Å². The second-order valence-electron chi connectivity index (χ2n) is 7.65. The van der Waals surface area contributed by atoms with E-state index in [0.717, 1.165) is 18.2 Å². The third kappa shape index (κ3) is 83.6. The van der Waals surface area contributed by atoms with Crippen LogP contribution in [-0.2, 0) is 62.1 Å². The smallest absolute Gasteiger partial charge is 0.344 e. The highest BCUT2D eigenvalue weighted by Gasteiger charge is 2.16. The van der Waals surface area contributed by atoms with Crippen LogP contribution in [0, 0.1) is 0 Å². The second-order valence-corrected chi connectivity index (χ2v) is 7.65. The van der Waals surface area contributed by atoms with Gasteiger partial charge in [-0.3, -0.25) is 14.4 Å². The van der Waals surface area contributed by atoms with E-state index in [1.54, 1.807) is 13.8 Å². The minimum Gasteiger partial charge on any atom is -0.481 e. The summed E-state index contributed by atoms with van der Waals surface area (Å²) in [5.74, 6) is -6.34. The minimum absolute atomic E-state index is 0.104. The van der Waals surface area contributed by atoms with Gasteiger partial charge in [-0.2, -0.15) is 0 Å². The number of hydrogen-bond donors (Lipinski definition) is 7. The fourth-order valence-electron chi connectivity index (χ4n) is 1.34. The molecule has 1 saturated heterocycles. The number of methoxy groups -OCH3 is 1. The highest BCUT2D eigenvalue weighted by atomic mass is 16.6. The van der Waals surface area contributed by atoms with Crippen LogP contribution < -0.4 is 0 Å². The van der Waals surface area contributed by atoms with Crippen molar-refractivity contribution < 1.29 is 97.8 Å². The Bertz CT molecular complexity index is 976. The summed E-state index contributed by atoms with van der Waals surface area (Å²) < 4.78 is 17.4. The van der Waals surface area contributed by atoms with Gasteiger partial charge in [0.1, 0.15) is 13.2 Å². The number of aliphatic hydroxyl groups excluding tert-OH is 2. The number of Topliss-reactive ketones (excluding diaryl/α,β-unsaturated/α-hetero) is 1. The maximum atomic E-state index is 10.4. The summed E-state index contributed by atoms with van der Waals surface area (Å²) in [5, 5.41) is 55.1. The first kappa shape index (κ1) is 55.0. The van der Waals surface area contributed by atoms with Crippen LogP contribution in [0.2, 0.25) is 0 Å². The zero-order chi connectivity index (χ0) is 39.1. The van der Waals surface area contributed by atoms with Crippen molar-refractivity contribution in [2.24, 2.45) is 0 Å². The second kappa shape index (κ2) is 41.5. The fourth-order valence-corrected chi connectivity index (χ4v) is 1.34. The maximum Gasteiger partial charge on any atom is 0.344 e. The van der Waals surface area contributed by atoms with Gasteiger partial charge >= 0.3 is 47.8 Å². The number of carboxylic acids is 5. The minimum atomic E-state index is -0.981. The Balaban J connectivity index is -0.000000109. The monoisotopic (exact) mass is 700 g/mol. The molecular formula is C28H44O20. The summed E-state index contributed by atoms with van der Waals surface area (Å²) in [4.78, 5) is 88.3. The highest BCUT2D eigenvalue weighted by molar-refractivity contribution is 5.83. The number of carbonyl (C=O) groups excluding carboxylic acids is 4. The molecule has 0 aromatic rings. The molecule has 1 heterocycles. The molecule has 0 radical (unpaired) electrons. The Labute approximate surface area is 275 Å². The standard InChI is InChI=1S/C6H10O4.C4H4O4.C4H8O3.2C4H6O2.C3H6O3.C3H4O2/c1-5(7)3-10-6(8)4-9-2;5-3-1-7-4(6)2-8-3;1-3(5)2-4(6)7;2*1-2-3-4(5)6;4-2-1-3(5)6;1-2-3(4)5/h3-4H2,1-2H3;1-2H2;3,5H,2H2,1H3,(H,6,7);2*2-3H,1H3,(H,5,6);4H,1-2H2,(H,5,6);2H,1H2,(H,4,5)/b;;;3-2+;3-2-;;. The van der Waals surface area contributed by atoms with Crippen molar-refractivity contribution in [1.29, 1.82) is 0 Å². The van der Waals surface area contributed by atoms with Crippen LogP contribution in [0.25, 0.3) is 0 Å². The predicted molar refractivity (Wildman–Crippen MR) is 161 cm³/mol. The van der Waals surface area contributed by atoms with Crippen LogP contribution in [-0.4, -0.2) is 136 Å². The van der Waals surface area contributed by atoms with Gasteiger partial charge in [-0.25, -0.2) is 28.8 Å². The number of aliphatic carboxylic acids is 5. The third-order valence-electron chi connectivity index (χ3n) is 2.99. The van der Waals surface area contributed by atoms with E-state index in [9.17, 15) is 43.2 Å². The van der Waals surface area contributed by atoms with Crippen molar-refractivity contribution in [1.82, 2.24) is 0 Å².